The summed E-state index contributed by atoms with van der Waals surface area (Å²) in [4.78, 5) is 37.8. The maximum atomic E-state index is 12.6. The van der Waals surface area contributed by atoms with Gasteiger partial charge in [-0.25, -0.2) is 15.0 Å². The second-order valence-electron chi connectivity index (χ2n) is 9.35. The van der Waals surface area contributed by atoms with E-state index in [1.807, 2.05) is 83.4 Å². The highest BCUT2D eigenvalue weighted by molar-refractivity contribution is 5.96. The molecule has 0 saturated heterocycles. The number of carbonyl (C=O) groups is 2. The molecule has 0 aliphatic heterocycles. The Bertz CT molecular complexity index is 1900. The Kier molecular flexibility index (Phi) is 6.67. The zero-order valence-corrected chi connectivity index (χ0v) is 21.7. The highest BCUT2D eigenvalue weighted by Crippen LogP contribution is 2.31. The number of carbonyl (C=O) groups excluding carboxylic acids is 2. The highest BCUT2D eigenvalue weighted by atomic mass is 16.3. The third-order valence-corrected chi connectivity index (χ3v) is 6.72. The SMILES string of the molecule is Nc1ncccc1-c1nc2ccc(-c3ccccc3)nc2n1-c1ccc(CNC(=O)c2ccc(O)c(C=O)c2)cc1. The van der Waals surface area contributed by atoms with Gasteiger partial charge in [-0.3, -0.25) is 14.2 Å². The molecule has 0 bridgehead atoms. The average molecular weight is 541 g/mol. The third kappa shape index (κ3) is 4.99. The van der Waals surface area contributed by atoms with Gasteiger partial charge in [-0.2, -0.15) is 0 Å². The number of hydrogen-bond donors (Lipinski definition) is 3. The average Bonchev–Trinajstić information content (AvgIpc) is 3.39. The summed E-state index contributed by atoms with van der Waals surface area (Å²) in [6, 6.07) is 29.3. The van der Waals surface area contributed by atoms with Gasteiger partial charge in [-0.05, 0) is 60.2 Å². The van der Waals surface area contributed by atoms with Crippen LogP contribution in [-0.4, -0.2) is 36.8 Å². The van der Waals surface area contributed by atoms with Crippen LogP contribution in [0, 0.1) is 0 Å². The molecule has 3 heterocycles. The Hall–Kier alpha value is -5.83. The van der Waals surface area contributed by atoms with Crippen LogP contribution in [0.25, 0.3) is 39.5 Å². The Morgan fingerprint density at radius 2 is 1.73 bits per heavy atom. The minimum atomic E-state index is -0.357. The summed E-state index contributed by atoms with van der Waals surface area (Å²) >= 11 is 0. The fraction of sp³-hybridized carbons (Fsp3) is 0.0312. The van der Waals surface area contributed by atoms with Crippen LogP contribution in [0.3, 0.4) is 0 Å². The predicted octanol–water partition coefficient (Wildman–Crippen LogP) is 5.18. The summed E-state index contributed by atoms with van der Waals surface area (Å²) in [5, 5.41) is 12.5. The maximum absolute atomic E-state index is 12.6. The Morgan fingerprint density at radius 3 is 2.49 bits per heavy atom. The molecule has 0 radical (unpaired) electrons. The van der Waals surface area contributed by atoms with Crippen molar-refractivity contribution in [3.63, 3.8) is 0 Å². The van der Waals surface area contributed by atoms with E-state index in [4.69, 9.17) is 15.7 Å². The van der Waals surface area contributed by atoms with Crippen molar-refractivity contribution >= 4 is 29.2 Å². The quantitative estimate of drug-likeness (QED) is 0.237. The Labute approximate surface area is 235 Å². The van der Waals surface area contributed by atoms with Gasteiger partial charge in [-0.15, -0.1) is 0 Å². The van der Waals surface area contributed by atoms with Gasteiger partial charge < -0.3 is 16.2 Å². The molecule has 9 heteroatoms. The molecule has 0 spiro atoms. The van der Waals surface area contributed by atoms with Gasteiger partial charge >= 0.3 is 0 Å². The number of nitrogens with one attached hydrogen (secondary N) is 1. The number of imidazole rings is 1. The van der Waals surface area contributed by atoms with Crippen molar-refractivity contribution in [1.29, 1.82) is 0 Å². The van der Waals surface area contributed by atoms with Gasteiger partial charge in [0.05, 0.1) is 16.8 Å². The molecule has 0 aliphatic carbocycles. The summed E-state index contributed by atoms with van der Waals surface area (Å²) in [5.41, 5.74) is 12.1. The number of anilines is 1. The van der Waals surface area contributed by atoms with Gasteiger partial charge in [0, 0.05) is 29.6 Å². The van der Waals surface area contributed by atoms with E-state index < -0.39 is 0 Å². The first kappa shape index (κ1) is 25.4. The predicted molar refractivity (Wildman–Crippen MR) is 157 cm³/mol. The number of benzene rings is 3. The molecule has 0 fully saturated rings. The maximum Gasteiger partial charge on any atom is 0.251 e. The second-order valence-corrected chi connectivity index (χ2v) is 9.35. The largest absolute Gasteiger partial charge is 0.507 e. The lowest BCUT2D eigenvalue weighted by Crippen LogP contribution is -2.22. The molecule has 0 unspecified atom stereocenters. The van der Waals surface area contributed by atoms with Gasteiger partial charge in [0.15, 0.2) is 17.8 Å². The first-order valence-electron chi connectivity index (χ1n) is 12.8. The summed E-state index contributed by atoms with van der Waals surface area (Å²) in [5.74, 6) is 0.447. The fourth-order valence-electron chi connectivity index (χ4n) is 4.60. The zero-order valence-electron chi connectivity index (χ0n) is 21.7. The normalized spacial score (nSPS) is 10.9. The van der Waals surface area contributed by atoms with Crippen molar-refractivity contribution in [2.75, 3.05) is 5.73 Å². The van der Waals surface area contributed by atoms with Gasteiger partial charge in [0.25, 0.3) is 5.91 Å². The standard InChI is InChI=1S/C32H24N6O3/c33-29-25(7-4-16-34-29)30-37-27-14-13-26(21-5-2-1-3-6-21)36-31(27)38(30)24-11-8-20(9-12-24)18-35-32(41)22-10-15-28(40)23(17-22)19-39/h1-17,19,40H,18H2,(H2,33,34)(H,35,41). The summed E-state index contributed by atoms with van der Waals surface area (Å²) < 4.78 is 1.95. The van der Waals surface area contributed by atoms with E-state index >= 15 is 0 Å². The van der Waals surface area contributed by atoms with Crippen LogP contribution in [0.1, 0.15) is 26.3 Å². The first-order valence-corrected chi connectivity index (χ1v) is 12.8. The molecule has 4 N–H and O–H groups in total. The Morgan fingerprint density at radius 1 is 0.927 bits per heavy atom. The lowest BCUT2D eigenvalue weighted by molar-refractivity contribution is 0.0951. The summed E-state index contributed by atoms with van der Waals surface area (Å²) in [6.45, 7) is 0.264. The topological polar surface area (TPSA) is 136 Å². The molecule has 0 aliphatic rings. The van der Waals surface area contributed by atoms with Gasteiger partial charge in [-0.1, -0.05) is 42.5 Å². The highest BCUT2D eigenvalue weighted by Gasteiger charge is 2.19. The number of phenolic OH excluding ortho intramolecular Hbond substituents is 1. The first-order chi connectivity index (χ1) is 20.0. The van der Waals surface area contributed by atoms with Crippen molar-refractivity contribution in [1.82, 2.24) is 24.8 Å². The molecule has 9 nitrogen and oxygen atoms in total. The zero-order chi connectivity index (χ0) is 28.3. The molecule has 3 aromatic heterocycles. The van der Waals surface area contributed by atoms with Crippen molar-refractivity contribution in [2.24, 2.45) is 0 Å². The van der Waals surface area contributed by atoms with Crippen molar-refractivity contribution in [3.8, 4) is 34.1 Å². The number of nitrogens with zero attached hydrogens (tertiary/aromatic N) is 4. The number of aromatic hydroxyl groups is 1. The number of nitrogen functional groups attached to an aromatic ring is 1. The lowest BCUT2D eigenvalue weighted by Gasteiger charge is -2.12. The summed E-state index contributed by atoms with van der Waals surface area (Å²) in [6.07, 6.45) is 2.15. The molecule has 3 aromatic carbocycles. The van der Waals surface area contributed by atoms with E-state index in [2.05, 4.69) is 10.3 Å². The van der Waals surface area contributed by atoms with E-state index in [1.165, 1.54) is 18.2 Å². The minimum Gasteiger partial charge on any atom is -0.507 e. The number of aromatic nitrogens is 4. The molecule has 41 heavy (non-hydrogen) atoms. The molecule has 0 atom stereocenters. The number of pyridine rings is 2. The number of amides is 1. The van der Waals surface area contributed by atoms with E-state index in [0.29, 0.717) is 34.7 Å². The smallest absolute Gasteiger partial charge is 0.251 e. The van der Waals surface area contributed by atoms with Crippen LogP contribution in [0.4, 0.5) is 5.82 Å². The number of hydrogen-bond acceptors (Lipinski definition) is 7. The summed E-state index contributed by atoms with van der Waals surface area (Å²) in [7, 11) is 0. The van der Waals surface area contributed by atoms with Gasteiger partial charge in [0.2, 0.25) is 0 Å². The lowest BCUT2D eigenvalue weighted by atomic mass is 10.1. The van der Waals surface area contributed by atoms with E-state index in [-0.39, 0.29) is 29.3 Å². The van der Waals surface area contributed by atoms with Crippen LogP contribution in [0.2, 0.25) is 0 Å². The molecular weight excluding hydrogens is 516 g/mol. The molecule has 200 valence electrons. The van der Waals surface area contributed by atoms with Crippen LogP contribution >= 0.6 is 0 Å². The van der Waals surface area contributed by atoms with Crippen molar-refractivity contribution in [2.45, 2.75) is 6.54 Å². The molecule has 6 rings (SSSR count). The minimum absolute atomic E-state index is 0.0589. The number of fused-ring (bicyclic) bond motifs is 1. The Balaban J connectivity index is 1.35. The number of rotatable bonds is 7. The fourth-order valence-corrected chi connectivity index (χ4v) is 4.60. The van der Waals surface area contributed by atoms with E-state index in [9.17, 15) is 14.7 Å². The van der Waals surface area contributed by atoms with Crippen LogP contribution < -0.4 is 11.1 Å². The molecular formula is C32H24N6O3. The molecule has 0 saturated carbocycles. The second kappa shape index (κ2) is 10.7. The number of phenols is 1. The van der Waals surface area contributed by atoms with Gasteiger partial charge in [0.1, 0.15) is 17.1 Å². The van der Waals surface area contributed by atoms with E-state index in [1.54, 1.807) is 6.20 Å². The third-order valence-electron chi connectivity index (χ3n) is 6.72. The van der Waals surface area contributed by atoms with Crippen LogP contribution in [-0.2, 0) is 6.54 Å². The monoisotopic (exact) mass is 540 g/mol. The van der Waals surface area contributed by atoms with Crippen molar-refractivity contribution < 1.29 is 14.7 Å². The van der Waals surface area contributed by atoms with E-state index in [0.717, 1.165) is 22.5 Å². The number of nitrogens with two attached hydrogens (primary N) is 1. The van der Waals surface area contributed by atoms with Crippen LogP contribution in [0.15, 0.2) is 103 Å². The molecule has 6 aromatic rings. The number of aldehydes is 1. The van der Waals surface area contributed by atoms with Crippen molar-refractivity contribution in [3.05, 3.63) is 120 Å². The van der Waals surface area contributed by atoms with Crippen LogP contribution in [0.5, 0.6) is 5.75 Å². The molecule has 1 amide bonds.